The second-order valence-corrected chi connectivity index (χ2v) is 7.01. The number of likely N-dealkylation sites (N-methyl/N-ethyl adjacent to an activating group) is 1. The molecule has 3 rings (SSSR count). The van der Waals surface area contributed by atoms with E-state index >= 15 is 0 Å². The Kier molecular flexibility index (Phi) is 6.38. The van der Waals surface area contributed by atoms with Crippen LogP contribution in [0.4, 0.5) is 4.79 Å². The van der Waals surface area contributed by atoms with Crippen molar-refractivity contribution in [1.82, 2.24) is 10.6 Å². The average molecular weight is 405 g/mol. The summed E-state index contributed by atoms with van der Waals surface area (Å²) < 4.78 is 11.0. The first kappa shape index (κ1) is 20.0. The maximum absolute atomic E-state index is 12.1. The van der Waals surface area contributed by atoms with E-state index < -0.39 is 5.97 Å². The molecule has 1 aliphatic rings. The number of hydrogen-bond donors (Lipinski definition) is 3. The summed E-state index contributed by atoms with van der Waals surface area (Å²) in [6.45, 7) is 3.25. The van der Waals surface area contributed by atoms with Gasteiger partial charge >= 0.3 is 12.0 Å². The maximum Gasteiger partial charge on any atom is 0.337 e. The third-order valence-corrected chi connectivity index (χ3v) is 4.57. The number of urea groups is 1. The van der Waals surface area contributed by atoms with Gasteiger partial charge in [0.25, 0.3) is 0 Å². The molecule has 0 saturated heterocycles. The van der Waals surface area contributed by atoms with Crippen molar-refractivity contribution in [2.75, 3.05) is 26.7 Å². The molecule has 3 N–H and O–H groups in total. The van der Waals surface area contributed by atoms with Gasteiger partial charge in [-0.05, 0) is 43.3 Å². The first-order chi connectivity index (χ1) is 13.5. The smallest absolute Gasteiger partial charge is 0.337 e. The summed E-state index contributed by atoms with van der Waals surface area (Å²) in [6.07, 6.45) is 0. The first-order valence-electron chi connectivity index (χ1n) is 9.06. The summed E-state index contributed by atoms with van der Waals surface area (Å²) in [6, 6.07) is 11.0. The molecule has 1 aliphatic heterocycles. The number of halogens is 1. The van der Waals surface area contributed by atoms with Crippen LogP contribution >= 0.6 is 11.6 Å². The van der Waals surface area contributed by atoms with Gasteiger partial charge in [0.15, 0.2) is 5.76 Å². The van der Waals surface area contributed by atoms with Crippen LogP contribution in [0.25, 0.3) is 11.3 Å². The molecule has 1 aromatic carbocycles. The lowest BCUT2D eigenvalue weighted by atomic mass is 10.1. The molecule has 2 amide bonds. The van der Waals surface area contributed by atoms with Crippen molar-refractivity contribution in [1.29, 1.82) is 0 Å². The molecule has 8 heteroatoms. The van der Waals surface area contributed by atoms with Crippen LogP contribution in [-0.2, 0) is 16.1 Å². The minimum absolute atomic E-state index is 0.161. The molecule has 2 heterocycles. The molecule has 148 valence electrons. The molecular weight excluding hydrogens is 382 g/mol. The highest BCUT2D eigenvalue weighted by Crippen LogP contribution is 2.23. The van der Waals surface area contributed by atoms with Crippen LogP contribution in [0.2, 0.25) is 5.02 Å². The van der Waals surface area contributed by atoms with Crippen molar-refractivity contribution in [3.05, 3.63) is 58.5 Å². The number of benzene rings is 1. The van der Waals surface area contributed by atoms with Crippen molar-refractivity contribution in [2.45, 2.75) is 13.5 Å². The Morgan fingerprint density at radius 2 is 1.96 bits per heavy atom. The van der Waals surface area contributed by atoms with Gasteiger partial charge in [0.1, 0.15) is 18.8 Å². The van der Waals surface area contributed by atoms with Gasteiger partial charge in [0.2, 0.25) is 0 Å². The van der Waals surface area contributed by atoms with E-state index in [1.807, 2.05) is 43.4 Å². The number of hydrogen-bond acceptors (Lipinski definition) is 4. The predicted octanol–water partition coefficient (Wildman–Crippen LogP) is 1.74. The van der Waals surface area contributed by atoms with Crippen LogP contribution < -0.4 is 15.5 Å². The second kappa shape index (κ2) is 8.95. The maximum atomic E-state index is 12.1. The lowest BCUT2D eigenvalue weighted by molar-refractivity contribution is -0.890. The molecule has 0 radical (unpaired) electrons. The van der Waals surface area contributed by atoms with Crippen molar-refractivity contribution < 1.29 is 23.6 Å². The third-order valence-electron chi connectivity index (χ3n) is 4.32. The lowest BCUT2D eigenvalue weighted by Crippen LogP contribution is -3.08. The highest BCUT2D eigenvalue weighted by molar-refractivity contribution is 6.30. The number of furan rings is 1. The third kappa shape index (κ3) is 4.94. The monoisotopic (exact) mass is 404 g/mol. The van der Waals surface area contributed by atoms with Crippen LogP contribution in [-0.4, -0.2) is 38.7 Å². The number of carbonyl (C=O) groups excluding carboxylic acids is 2. The summed E-state index contributed by atoms with van der Waals surface area (Å²) in [5.74, 6) is 1.16. The van der Waals surface area contributed by atoms with Crippen molar-refractivity contribution in [3.63, 3.8) is 0 Å². The van der Waals surface area contributed by atoms with Gasteiger partial charge in [0.05, 0.1) is 31.5 Å². The largest absolute Gasteiger partial charge is 0.463 e. The molecule has 0 spiro atoms. The Bertz CT molecular complexity index is 889. The molecule has 1 unspecified atom stereocenters. The molecule has 1 atom stereocenters. The first-order valence-corrected chi connectivity index (χ1v) is 9.44. The van der Waals surface area contributed by atoms with E-state index in [1.54, 1.807) is 6.92 Å². The normalized spacial score (nSPS) is 15.0. The SMILES string of the molecule is CCOC(=O)C1=C(C[NH+](C)Cc2ccc(-c3ccc(Cl)cc3)o2)NC(=O)NC1. The van der Waals surface area contributed by atoms with Crippen molar-refractivity contribution >= 4 is 23.6 Å². The van der Waals surface area contributed by atoms with Gasteiger partial charge in [-0.2, -0.15) is 0 Å². The van der Waals surface area contributed by atoms with E-state index in [0.717, 1.165) is 22.0 Å². The van der Waals surface area contributed by atoms with Crippen LogP contribution in [0.3, 0.4) is 0 Å². The summed E-state index contributed by atoms with van der Waals surface area (Å²) in [4.78, 5) is 24.9. The molecule has 0 aliphatic carbocycles. The zero-order valence-electron chi connectivity index (χ0n) is 15.8. The standard InChI is InChI=1S/C20H22ClN3O4/c1-3-27-19(25)16-10-22-20(26)23-17(16)12-24(2)11-15-8-9-18(28-15)13-4-6-14(21)7-5-13/h4-9H,3,10-12H2,1-2H3,(H2,22,23,26)/p+1. The van der Waals surface area contributed by atoms with E-state index in [2.05, 4.69) is 10.6 Å². The van der Waals surface area contributed by atoms with Crippen LogP contribution in [0, 0.1) is 0 Å². The number of rotatable bonds is 7. The predicted molar refractivity (Wildman–Crippen MR) is 105 cm³/mol. The van der Waals surface area contributed by atoms with E-state index in [0.29, 0.717) is 29.4 Å². The fourth-order valence-electron chi connectivity index (χ4n) is 3.00. The molecule has 1 aromatic heterocycles. The molecule has 2 aromatic rings. The number of nitrogens with one attached hydrogen (secondary N) is 3. The van der Waals surface area contributed by atoms with E-state index in [4.69, 9.17) is 20.8 Å². The van der Waals surface area contributed by atoms with Gasteiger partial charge in [-0.25, -0.2) is 9.59 Å². The summed E-state index contributed by atoms with van der Waals surface area (Å²) >= 11 is 5.92. The van der Waals surface area contributed by atoms with Gasteiger partial charge in [-0.15, -0.1) is 0 Å². The highest BCUT2D eigenvalue weighted by Gasteiger charge is 2.26. The number of esters is 1. The van der Waals surface area contributed by atoms with Crippen LogP contribution in [0.1, 0.15) is 12.7 Å². The number of quaternary nitrogens is 1. The topological polar surface area (TPSA) is 85.0 Å². The van der Waals surface area contributed by atoms with E-state index in [9.17, 15) is 9.59 Å². The Hall–Kier alpha value is -2.77. The minimum atomic E-state index is -0.416. The van der Waals surface area contributed by atoms with Gasteiger partial charge < -0.3 is 24.7 Å². The Labute approximate surface area is 168 Å². The molecule has 0 saturated carbocycles. The van der Waals surface area contributed by atoms with Crippen LogP contribution in [0.15, 0.2) is 52.1 Å². The minimum Gasteiger partial charge on any atom is -0.463 e. The van der Waals surface area contributed by atoms with Gasteiger partial charge in [0, 0.05) is 10.6 Å². The zero-order valence-corrected chi connectivity index (χ0v) is 16.6. The lowest BCUT2D eigenvalue weighted by Gasteiger charge is -2.23. The summed E-state index contributed by atoms with van der Waals surface area (Å²) in [7, 11) is 1.97. The fourth-order valence-corrected chi connectivity index (χ4v) is 3.13. The molecule has 0 fully saturated rings. The fraction of sp³-hybridized carbons (Fsp3) is 0.300. The summed E-state index contributed by atoms with van der Waals surface area (Å²) in [5, 5.41) is 6.00. The number of amides is 2. The van der Waals surface area contributed by atoms with Gasteiger partial charge in [-0.3, -0.25) is 0 Å². The highest BCUT2D eigenvalue weighted by atomic mass is 35.5. The van der Waals surface area contributed by atoms with Crippen molar-refractivity contribution in [2.24, 2.45) is 0 Å². The second-order valence-electron chi connectivity index (χ2n) is 6.57. The molecule has 28 heavy (non-hydrogen) atoms. The quantitative estimate of drug-likeness (QED) is 0.614. The summed E-state index contributed by atoms with van der Waals surface area (Å²) in [5.41, 5.74) is 1.97. The zero-order chi connectivity index (χ0) is 20.1. The van der Waals surface area contributed by atoms with Crippen molar-refractivity contribution in [3.8, 4) is 11.3 Å². The Morgan fingerprint density at radius 3 is 2.68 bits per heavy atom. The molecule has 7 nitrogen and oxygen atoms in total. The van der Waals surface area contributed by atoms with E-state index in [1.165, 1.54) is 0 Å². The van der Waals surface area contributed by atoms with Gasteiger partial charge in [-0.1, -0.05) is 11.6 Å². The molecule has 0 bridgehead atoms. The Morgan fingerprint density at radius 1 is 1.21 bits per heavy atom. The molecular formula is C20H23ClN3O4+. The van der Waals surface area contributed by atoms with E-state index in [-0.39, 0.29) is 19.2 Å². The number of carbonyl (C=O) groups is 2. The number of ether oxygens (including phenoxy) is 1. The van der Waals surface area contributed by atoms with Crippen LogP contribution in [0.5, 0.6) is 0 Å². The average Bonchev–Trinajstić information content (AvgIpc) is 3.10. The Balaban J connectivity index is 1.68.